The van der Waals surface area contributed by atoms with Gasteiger partial charge < -0.3 is 15.5 Å². The number of likely N-dealkylation sites (tertiary alicyclic amines) is 1. The molecule has 5 nitrogen and oxygen atoms in total. The van der Waals surface area contributed by atoms with Crippen molar-refractivity contribution >= 4 is 35.1 Å². The van der Waals surface area contributed by atoms with Crippen molar-refractivity contribution in [3.05, 3.63) is 33.8 Å². The van der Waals surface area contributed by atoms with Crippen LogP contribution < -0.4 is 10.6 Å². The summed E-state index contributed by atoms with van der Waals surface area (Å²) in [7, 11) is 1.75. The van der Waals surface area contributed by atoms with Crippen LogP contribution in [0.25, 0.3) is 0 Å². The van der Waals surface area contributed by atoms with Crippen molar-refractivity contribution in [3.63, 3.8) is 0 Å². The zero-order valence-corrected chi connectivity index (χ0v) is 15.6. The molecule has 0 aromatic heterocycles. The van der Waals surface area contributed by atoms with E-state index in [0.29, 0.717) is 16.5 Å². The summed E-state index contributed by atoms with van der Waals surface area (Å²) in [5.41, 5.74) is 1.08. The average Bonchev–Trinajstić information content (AvgIpc) is 3.00. The molecule has 1 aliphatic rings. The third kappa shape index (κ3) is 5.56. The number of halogens is 2. The molecule has 1 unspecified atom stereocenters. The van der Waals surface area contributed by atoms with Crippen LogP contribution >= 0.6 is 23.2 Å². The Labute approximate surface area is 153 Å². The lowest BCUT2D eigenvalue weighted by molar-refractivity contribution is -0.129. The summed E-state index contributed by atoms with van der Waals surface area (Å²) in [5, 5.41) is 7.96. The molecule has 1 aromatic carbocycles. The fraction of sp³-hybridized carbons (Fsp3) is 0.529. The molecule has 1 heterocycles. The highest BCUT2D eigenvalue weighted by molar-refractivity contribution is 6.34. The first kappa shape index (κ1) is 18.9. The van der Waals surface area contributed by atoms with Gasteiger partial charge in [-0.25, -0.2) is 0 Å². The van der Waals surface area contributed by atoms with Crippen molar-refractivity contribution in [2.24, 2.45) is 4.99 Å². The third-order valence-corrected chi connectivity index (χ3v) is 4.47. The number of rotatable bonds is 5. The molecule has 0 aliphatic carbocycles. The van der Waals surface area contributed by atoms with Crippen molar-refractivity contribution in [2.75, 3.05) is 26.7 Å². The van der Waals surface area contributed by atoms with E-state index in [-0.39, 0.29) is 11.9 Å². The molecule has 1 amide bonds. The molecule has 0 bridgehead atoms. The van der Waals surface area contributed by atoms with Crippen LogP contribution in [0.2, 0.25) is 10.0 Å². The number of guanidine groups is 1. The Morgan fingerprint density at radius 2 is 2.04 bits per heavy atom. The zero-order valence-electron chi connectivity index (χ0n) is 14.1. The minimum Gasteiger partial charge on any atom is -0.356 e. The van der Waals surface area contributed by atoms with Crippen LogP contribution in [0.3, 0.4) is 0 Å². The first-order valence-electron chi connectivity index (χ1n) is 8.21. The Kier molecular flexibility index (Phi) is 7.18. The van der Waals surface area contributed by atoms with E-state index < -0.39 is 0 Å². The van der Waals surface area contributed by atoms with Crippen molar-refractivity contribution < 1.29 is 4.79 Å². The molecule has 1 atom stereocenters. The van der Waals surface area contributed by atoms with Crippen LogP contribution in [0.1, 0.15) is 25.3 Å². The molecule has 0 saturated carbocycles. The molecule has 1 aromatic rings. The summed E-state index contributed by atoms with van der Waals surface area (Å²) in [5.74, 6) is 0.957. The zero-order chi connectivity index (χ0) is 17.5. The number of carbonyl (C=O) groups is 1. The van der Waals surface area contributed by atoms with Crippen molar-refractivity contribution in [1.82, 2.24) is 15.5 Å². The maximum Gasteiger partial charge on any atom is 0.222 e. The van der Waals surface area contributed by atoms with Gasteiger partial charge in [0.15, 0.2) is 5.96 Å². The number of amides is 1. The van der Waals surface area contributed by atoms with E-state index in [1.807, 2.05) is 24.0 Å². The Morgan fingerprint density at radius 1 is 1.33 bits per heavy atom. The van der Waals surface area contributed by atoms with Gasteiger partial charge in [0, 0.05) is 49.2 Å². The maximum absolute atomic E-state index is 11.7. The van der Waals surface area contributed by atoms with Gasteiger partial charge in [-0.05, 0) is 36.6 Å². The summed E-state index contributed by atoms with van der Waals surface area (Å²) < 4.78 is 0. The predicted molar refractivity (Wildman–Crippen MR) is 99.9 cm³/mol. The first-order valence-corrected chi connectivity index (χ1v) is 8.97. The second kappa shape index (κ2) is 9.14. The lowest BCUT2D eigenvalue weighted by Gasteiger charge is -2.18. The maximum atomic E-state index is 11.7. The van der Waals surface area contributed by atoms with E-state index in [1.165, 1.54) is 0 Å². The van der Waals surface area contributed by atoms with Gasteiger partial charge in [0.25, 0.3) is 0 Å². The van der Waals surface area contributed by atoms with Crippen molar-refractivity contribution in [3.8, 4) is 0 Å². The second-order valence-corrected chi connectivity index (χ2v) is 6.72. The number of benzene rings is 1. The van der Waals surface area contributed by atoms with Gasteiger partial charge >= 0.3 is 0 Å². The highest BCUT2D eigenvalue weighted by Crippen LogP contribution is 2.19. The van der Waals surface area contributed by atoms with Crippen molar-refractivity contribution in [1.29, 1.82) is 0 Å². The van der Waals surface area contributed by atoms with E-state index in [9.17, 15) is 4.79 Å². The molecular weight excluding hydrogens is 347 g/mol. The van der Waals surface area contributed by atoms with Gasteiger partial charge in [-0.1, -0.05) is 30.1 Å². The summed E-state index contributed by atoms with van der Waals surface area (Å²) in [4.78, 5) is 17.9. The molecule has 7 heteroatoms. The molecule has 2 N–H and O–H groups in total. The number of carbonyl (C=O) groups excluding carboxylic acids is 1. The van der Waals surface area contributed by atoms with Crippen LogP contribution in [0.4, 0.5) is 0 Å². The minimum atomic E-state index is 0.208. The molecular formula is C17H24Cl2N4O. The monoisotopic (exact) mass is 370 g/mol. The fourth-order valence-corrected chi connectivity index (χ4v) is 3.37. The molecule has 0 radical (unpaired) electrons. The summed E-state index contributed by atoms with van der Waals surface area (Å²) >= 11 is 12.0. The van der Waals surface area contributed by atoms with Crippen LogP contribution in [-0.2, 0) is 11.2 Å². The van der Waals surface area contributed by atoms with E-state index in [1.54, 1.807) is 13.1 Å². The lowest BCUT2D eigenvalue weighted by Crippen LogP contribution is -2.45. The topological polar surface area (TPSA) is 56.7 Å². The van der Waals surface area contributed by atoms with E-state index in [4.69, 9.17) is 23.2 Å². The van der Waals surface area contributed by atoms with Crippen LogP contribution in [0.15, 0.2) is 23.2 Å². The van der Waals surface area contributed by atoms with Crippen molar-refractivity contribution in [2.45, 2.75) is 32.2 Å². The summed E-state index contributed by atoms with van der Waals surface area (Å²) in [6, 6.07) is 5.80. The molecule has 132 valence electrons. The normalized spacial score (nSPS) is 17.9. The van der Waals surface area contributed by atoms with Gasteiger partial charge in [-0.2, -0.15) is 0 Å². The largest absolute Gasteiger partial charge is 0.356 e. The van der Waals surface area contributed by atoms with E-state index in [2.05, 4.69) is 15.6 Å². The molecule has 24 heavy (non-hydrogen) atoms. The van der Waals surface area contributed by atoms with Gasteiger partial charge in [-0.3, -0.25) is 9.79 Å². The SMILES string of the molecule is CCC(=O)N1CCC(NC(=NC)NCCc2cc(Cl)cc(Cl)c2)C1. The smallest absolute Gasteiger partial charge is 0.222 e. The quantitative estimate of drug-likeness (QED) is 0.618. The van der Waals surface area contributed by atoms with Gasteiger partial charge in [0.05, 0.1) is 0 Å². The number of aliphatic imine (C=N–C) groups is 1. The predicted octanol–water partition coefficient (Wildman–Crippen LogP) is 2.71. The Morgan fingerprint density at radius 3 is 2.67 bits per heavy atom. The number of hydrogen-bond acceptors (Lipinski definition) is 2. The summed E-state index contributed by atoms with van der Waals surface area (Å²) in [6.07, 6.45) is 2.30. The number of nitrogens with zero attached hydrogens (tertiary/aromatic N) is 2. The standard InChI is InChI=1S/C17H24Cl2N4O/c1-3-16(24)23-7-5-15(11-23)22-17(20-2)21-6-4-12-8-13(18)10-14(19)9-12/h8-10,15H,3-7,11H2,1-2H3,(H2,20,21,22). The van der Waals surface area contributed by atoms with Crippen LogP contribution in [-0.4, -0.2) is 49.5 Å². The number of nitrogens with one attached hydrogen (secondary N) is 2. The van der Waals surface area contributed by atoms with Gasteiger partial charge in [-0.15, -0.1) is 0 Å². The fourth-order valence-electron chi connectivity index (χ4n) is 2.80. The third-order valence-electron chi connectivity index (χ3n) is 4.04. The van der Waals surface area contributed by atoms with Crippen LogP contribution in [0, 0.1) is 0 Å². The average molecular weight is 371 g/mol. The number of hydrogen-bond donors (Lipinski definition) is 2. The molecule has 1 aliphatic heterocycles. The minimum absolute atomic E-state index is 0.208. The first-order chi connectivity index (χ1) is 11.5. The van der Waals surface area contributed by atoms with Crippen LogP contribution in [0.5, 0.6) is 0 Å². The highest BCUT2D eigenvalue weighted by Gasteiger charge is 2.25. The summed E-state index contributed by atoms with van der Waals surface area (Å²) in [6.45, 7) is 4.16. The molecule has 1 fully saturated rings. The Balaban J connectivity index is 1.78. The Bertz CT molecular complexity index is 586. The van der Waals surface area contributed by atoms with Gasteiger partial charge in [0.2, 0.25) is 5.91 Å². The highest BCUT2D eigenvalue weighted by atomic mass is 35.5. The lowest BCUT2D eigenvalue weighted by atomic mass is 10.1. The van der Waals surface area contributed by atoms with E-state index >= 15 is 0 Å². The molecule has 2 rings (SSSR count). The second-order valence-electron chi connectivity index (χ2n) is 5.85. The van der Waals surface area contributed by atoms with Gasteiger partial charge in [0.1, 0.15) is 0 Å². The Hall–Kier alpha value is -1.46. The molecule has 1 saturated heterocycles. The van der Waals surface area contributed by atoms with E-state index in [0.717, 1.165) is 44.0 Å². The molecule has 0 spiro atoms.